The largest absolute Gasteiger partial charge is 0.305 e. The molecule has 0 aliphatic carbocycles. The molecule has 1 aromatic carbocycles. The van der Waals surface area contributed by atoms with Crippen molar-refractivity contribution < 1.29 is 9.18 Å². The van der Waals surface area contributed by atoms with Crippen molar-refractivity contribution in [3.63, 3.8) is 0 Å². The van der Waals surface area contributed by atoms with E-state index >= 15 is 0 Å². The number of rotatable bonds is 5. The van der Waals surface area contributed by atoms with Crippen molar-refractivity contribution in [1.82, 2.24) is 5.32 Å². The molecule has 0 amide bonds. The van der Waals surface area contributed by atoms with E-state index in [9.17, 15) is 9.18 Å². The van der Waals surface area contributed by atoms with Gasteiger partial charge in [-0.15, -0.1) is 0 Å². The first-order chi connectivity index (χ1) is 9.07. The maximum absolute atomic E-state index is 13.1. The van der Waals surface area contributed by atoms with E-state index < -0.39 is 0 Å². The molecule has 2 rings (SSSR count). The quantitative estimate of drug-likeness (QED) is 0.884. The lowest BCUT2D eigenvalue weighted by molar-refractivity contribution is -0.124. The standard InChI is InChI=1S/C16H22FNO/c1-3-7-16(8-4-9-18-16)15(19)11-13-5-6-14(17)10-12(13)2/h5-6,10,18H,3-4,7-9,11H2,1-2H3. The number of carbonyl (C=O) groups is 1. The van der Waals surface area contributed by atoms with Gasteiger partial charge < -0.3 is 5.32 Å². The molecule has 1 fully saturated rings. The fourth-order valence-corrected chi connectivity index (χ4v) is 3.02. The molecule has 2 nitrogen and oxygen atoms in total. The van der Waals surface area contributed by atoms with Gasteiger partial charge in [0.05, 0.1) is 5.54 Å². The molecule has 1 N–H and O–H groups in total. The Labute approximate surface area is 114 Å². The van der Waals surface area contributed by atoms with Crippen LogP contribution in [-0.4, -0.2) is 17.9 Å². The van der Waals surface area contributed by atoms with Crippen LogP contribution in [0.25, 0.3) is 0 Å². The molecule has 3 heteroatoms. The van der Waals surface area contributed by atoms with Crippen LogP contribution in [0.15, 0.2) is 18.2 Å². The van der Waals surface area contributed by atoms with Gasteiger partial charge in [-0.2, -0.15) is 0 Å². The monoisotopic (exact) mass is 263 g/mol. The van der Waals surface area contributed by atoms with E-state index in [1.807, 2.05) is 6.92 Å². The Bertz CT molecular complexity index is 464. The van der Waals surface area contributed by atoms with Crippen LogP contribution >= 0.6 is 0 Å². The van der Waals surface area contributed by atoms with Crippen molar-refractivity contribution in [2.24, 2.45) is 0 Å². The predicted octanol–water partition coefficient (Wildman–Crippen LogP) is 3.17. The van der Waals surface area contributed by atoms with E-state index in [2.05, 4.69) is 12.2 Å². The highest BCUT2D eigenvalue weighted by molar-refractivity contribution is 5.90. The molecule has 1 heterocycles. The molecule has 104 valence electrons. The minimum Gasteiger partial charge on any atom is -0.305 e. The number of benzene rings is 1. The Morgan fingerprint density at radius 2 is 2.26 bits per heavy atom. The summed E-state index contributed by atoms with van der Waals surface area (Å²) in [5, 5.41) is 3.40. The Kier molecular flexibility index (Phi) is 4.35. The van der Waals surface area contributed by atoms with Gasteiger partial charge in [0.1, 0.15) is 5.82 Å². The van der Waals surface area contributed by atoms with Crippen LogP contribution in [-0.2, 0) is 11.2 Å². The number of halogens is 1. The van der Waals surface area contributed by atoms with E-state index in [4.69, 9.17) is 0 Å². The van der Waals surface area contributed by atoms with E-state index in [-0.39, 0.29) is 17.1 Å². The third kappa shape index (κ3) is 3.03. The summed E-state index contributed by atoms with van der Waals surface area (Å²) >= 11 is 0. The van der Waals surface area contributed by atoms with Crippen molar-refractivity contribution in [3.05, 3.63) is 35.1 Å². The second-order valence-electron chi connectivity index (χ2n) is 5.53. The average Bonchev–Trinajstić information content (AvgIpc) is 2.83. The number of ketones is 1. The summed E-state index contributed by atoms with van der Waals surface area (Å²) in [6.45, 7) is 4.90. The molecule has 0 bridgehead atoms. The van der Waals surface area contributed by atoms with Gasteiger partial charge in [-0.25, -0.2) is 4.39 Å². The number of nitrogens with one attached hydrogen (secondary N) is 1. The van der Waals surface area contributed by atoms with Crippen molar-refractivity contribution in [1.29, 1.82) is 0 Å². The number of aryl methyl sites for hydroxylation is 1. The molecule has 1 aliphatic heterocycles. The predicted molar refractivity (Wildman–Crippen MR) is 74.7 cm³/mol. The lowest BCUT2D eigenvalue weighted by atomic mass is 9.84. The molecule has 0 radical (unpaired) electrons. The summed E-state index contributed by atoms with van der Waals surface area (Å²) in [6, 6.07) is 4.67. The highest BCUT2D eigenvalue weighted by Crippen LogP contribution is 2.27. The van der Waals surface area contributed by atoms with Gasteiger partial charge in [0, 0.05) is 6.42 Å². The van der Waals surface area contributed by atoms with Crippen molar-refractivity contribution >= 4 is 5.78 Å². The Morgan fingerprint density at radius 1 is 1.47 bits per heavy atom. The first kappa shape index (κ1) is 14.2. The molecule has 1 saturated heterocycles. The zero-order chi connectivity index (χ0) is 13.9. The Morgan fingerprint density at radius 3 is 2.84 bits per heavy atom. The van der Waals surface area contributed by atoms with E-state index in [0.717, 1.165) is 43.4 Å². The van der Waals surface area contributed by atoms with E-state index in [1.54, 1.807) is 6.07 Å². The van der Waals surface area contributed by atoms with Gasteiger partial charge in [-0.1, -0.05) is 19.4 Å². The topological polar surface area (TPSA) is 29.1 Å². The summed E-state index contributed by atoms with van der Waals surface area (Å²) < 4.78 is 13.1. The fraction of sp³-hybridized carbons (Fsp3) is 0.562. The van der Waals surface area contributed by atoms with Crippen LogP contribution in [0.3, 0.4) is 0 Å². The molecule has 1 aliphatic rings. The highest BCUT2D eigenvalue weighted by atomic mass is 19.1. The minimum atomic E-state index is -0.338. The second-order valence-corrected chi connectivity index (χ2v) is 5.53. The lowest BCUT2D eigenvalue weighted by Gasteiger charge is -2.28. The Balaban J connectivity index is 2.15. The van der Waals surface area contributed by atoms with Crippen LogP contribution in [0, 0.1) is 12.7 Å². The number of Topliss-reactive ketones (excluding diaryl/α,β-unsaturated/α-hetero) is 1. The summed E-state index contributed by atoms with van der Waals surface area (Å²) in [7, 11) is 0. The number of hydrogen-bond acceptors (Lipinski definition) is 2. The van der Waals surface area contributed by atoms with Gasteiger partial charge in [0.25, 0.3) is 0 Å². The zero-order valence-corrected chi connectivity index (χ0v) is 11.8. The van der Waals surface area contributed by atoms with Gasteiger partial charge in [-0.05, 0) is 56.0 Å². The van der Waals surface area contributed by atoms with E-state index in [1.165, 1.54) is 12.1 Å². The SMILES string of the molecule is CCCC1(C(=O)Cc2ccc(F)cc2C)CCCN1. The maximum atomic E-state index is 13.1. The molecular formula is C16H22FNO. The molecule has 0 spiro atoms. The first-order valence-corrected chi connectivity index (χ1v) is 7.11. The molecule has 1 unspecified atom stereocenters. The molecule has 1 aromatic rings. The highest BCUT2D eigenvalue weighted by Gasteiger charge is 2.39. The van der Waals surface area contributed by atoms with Crippen LogP contribution in [0.2, 0.25) is 0 Å². The smallest absolute Gasteiger partial charge is 0.157 e. The Hall–Kier alpha value is -1.22. The van der Waals surface area contributed by atoms with Gasteiger partial charge in [0.15, 0.2) is 5.78 Å². The molecular weight excluding hydrogens is 241 g/mol. The number of carbonyl (C=O) groups excluding carboxylic acids is 1. The molecule has 19 heavy (non-hydrogen) atoms. The van der Waals surface area contributed by atoms with E-state index in [0.29, 0.717) is 6.42 Å². The fourth-order valence-electron chi connectivity index (χ4n) is 3.02. The summed E-state index contributed by atoms with van der Waals surface area (Å²) in [5.41, 5.74) is 1.46. The first-order valence-electron chi connectivity index (χ1n) is 7.11. The zero-order valence-electron chi connectivity index (χ0n) is 11.8. The molecule has 0 saturated carbocycles. The average molecular weight is 263 g/mol. The normalized spacial score (nSPS) is 22.7. The molecule has 0 aromatic heterocycles. The van der Waals surface area contributed by atoms with Crippen LogP contribution < -0.4 is 5.32 Å². The van der Waals surface area contributed by atoms with Crippen LogP contribution in [0.5, 0.6) is 0 Å². The van der Waals surface area contributed by atoms with Gasteiger partial charge in [-0.3, -0.25) is 4.79 Å². The van der Waals surface area contributed by atoms with Crippen LogP contribution in [0.4, 0.5) is 4.39 Å². The summed E-state index contributed by atoms with van der Waals surface area (Å²) in [5.74, 6) is 0.0116. The lowest BCUT2D eigenvalue weighted by Crippen LogP contribution is -2.48. The van der Waals surface area contributed by atoms with Gasteiger partial charge >= 0.3 is 0 Å². The van der Waals surface area contributed by atoms with Crippen LogP contribution in [0.1, 0.15) is 43.7 Å². The summed E-state index contributed by atoms with van der Waals surface area (Å²) in [4.78, 5) is 12.6. The van der Waals surface area contributed by atoms with Gasteiger partial charge in [0.2, 0.25) is 0 Å². The summed E-state index contributed by atoms with van der Waals surface area (Å²) in [6.07, 6.45) is 4.29. The van der Waals surface area contributed by atoms with Crippen molar-refractivity contribution in [3.8, 4) is 0 Å². The third-order valence-corrected chi connectivity index (χ3v) is 4.11. The third-order valence-electron chi connectivity index (χ3n) is 4.11. The van der Waals surface area contributed by atoms with Crippen molar-refractivity contribution in [2.45, 2.75) is 51.5 Å². The van der Waals surface area contributed by atoms with Crippen molar-refractivity contribution in [2.75, 3.05) is 6.54 Å². The second kappa shape index (κ2) is 5.83. The molecule has 1 atom stereocenters. The maximum Gasteiger partial charge on any atom is 0.157 e. The minimum absolute atomic E-state index is 0.240. The number of hydrogen-bond donors (Lipinski definition) is 1.